The van der Waals surface area contributed by atoms with Gasteiger partial charge >= 0.3 is 0 Å². The third-order valence-electron chi connectivity index (χ3n) is 4.69. The fraction of sp³-hybridized carbons (Fsp3) is 0.600. The zero-order valence-electron chi connectivity index (χ0n) is 16.6. The van der Waals surface area contributed by atoms with E-state index in [-0.39, 0.29) is 17.9 Å². The van der Waals surface area contributed by atoms with Gasteiger partial charge in [-0.3, -0.25) is 4.79 Å². The molecule has 1 aromatic carbocycles. The van der Waals surface area contributed by atoms with Gasteiger partial charge < -0.3 is 20.7 Å². The summed E-state index contributed by atoms with van der Waals surface area (Å²) < 4.78 is 4.92. The molecule has 6 nitrogen and oxygen atoms in total. The van der Waals surface area contributed by atoms with Crippen LogP contribution in [0.5, 0.6) is 0 Å². The smallest absolute Gasteiger partial charge is 0.241 e. The van der Waals surface area contributed by atoms with Crippen molar-refractivity contribution < 1.29 is 9.53 Å². The molecule has 0 aliphatic rings. The maximum Gasteiger partial charge on any atom is 0.241 e. The third-order valence-corrected chi connectivity index (χ3v) is 4.69. The molecule has 0 fully saturated rings. The molecule has 146 valence electrons. The molecule has 1 amide bonds. The van der Waals surface area contributed by atoms with Crippen LogP contribution in [0.2, 0.25) is 0 Å². The maximum atomic E-state index is 11.8. The molecule has 0 spiro atoms. The maximum absolute atomic E-state index is 11.8. The molecule has 0 aromatic heterocycles. The van der Waals surface area contributed by atoms with Gasteiger partial charge in [-0.1, -0.05) is 44.2 Å². The van der Waals surface area contributed by atoms with Crippen molar-refractivity contribution in [1.82, 2.24) is 16.0 Å². The Labute approximate surface area is 157 Å². The fourth-order valence-corrected chi connectivity index (χ4v) is 2.90. The highest BCUT2D eigenvalue weighted by atomic mass is 16.5. The number of aliphatic imine (C=N–C) groups is 1. The Morgan fingerprint density at radius 1 is 1.08 bits per heavy atom. The number of ether oxygens (including phenoxy) is 1. The predicted octanol–water partition coefficient (Wildman–Crippen LogP) is 2.06. The largest absolute Gasteiger partial charge is 0.383 e. The number of benzene rings is 1. The SMILES string of the molecule is CCNC(=NCC(=O)NCCOC)NCC(CC)(CC)c1ccccc1. The first-order valence-corrected chi connectivity index (χ1v) is 9.45. The van der Waals surface area contributed by atoms with E-state index in [1.54, 1.807) is 7.11 Å². The van der Waals surface area contributed by atoms with Gasteiger partial charge in [0.2, 0.25) is 5.91 Å². The van der Waals surface area contributed by atoms with E-state index in [9.17, 15) is 4.79 Å². The second-order valence-electron chi connectivity index (χ2n) is 6.24. The molecule has 0 unspecified atom stereocenters. The number of nitrogens with one attached hydrogen (secondary N) is 3. The minimum atomic E-state index is -0.112. The Morgan fingerprint density at radius 3 is 2.35 bits per heavy atom. The van der Waals surface area contributed by atoms with E-state index in [4.69, 9.17) is 4.74 Å². The van der Waals surface area contributed by atoms with Crippen LogP contribution in [-0.2, 0) is 14.9 Å². The van der Waals surface area contributed by atoms with Gasteiger partial charge in [0.15, 0.2) is 5.96 Å². The number of rotatable bonds is 11. The van der Waals surface area contributed by atoms with Crippen molar-refractivity contribution in [1.29, 1.82) is 0 Å². The standard InChI is InChI=1S/C20H34N4O2/c1-5-20(6-2,17-11-9-8-10-12-17)16-24-19(21-7-3)23-15-18(25)22-13-14-26-4/h8-12H,5-7,13-16H2,1-4H3,(H,22,25)(H2,21,23,24). The van der Waals surface area contributed by atoms with Gasteiger partial charge in [-0.05, 0) is 25.3 Å². The molecule has 0 saturated heterocycles. The summed E-state index contributed by atoms with van der Waals surface area (Å²) >= 11 is 0. The first kappa shape index (κ1) is 22.0. The first-order chi connectivity index (χ1) is 12.6. The van der Waals surface area contributed by atoms with Crippen LogP contribution in [0.1, 0.15) is 39.2 Å². The van der Waals surface area contributed by atoms with E-state index in [2.05, 4.69) is 59.1 Å². The van der Waals surface area contributed by atoms with Gasteiger partial charge in [-0.15, -0.1) is 0 Å². The van der Waals surface area contributed by atoms with E-state index in [1.807, 2.05) is 13.0 Å². The van der Waals surface area contributed by atoms with E-state index >= 15 is 0 Å². The van der Waals surface area contributed by atoms with Gasteiger partial charge in [0.25, 0.3) is 0 Å². The Kier molecular flexibility index (Phi) is 10.4. The van der Waals surface area contributed by atoms with E-state index in [1.165, 1.54) is 5.56 Å². The number of hydrogen-bond donors (Lipinski definition) is 3. The zero-order chi connectivity index (χ0) is 19.3. The molecule has 1 rings (SSSR count). The normalized spacial score (nSPS) is 11.9. The van der Waals surface area contributed by atoms with E-state index < -0.39 is 0 Å². The van der Waals surface area contributed by atoms with Crippen LogP contribution >= 0.6 is 0 Å². The molecule has 0 saturated carbocycles. The lowest BCUT2D eigenvalue weighted by molar-refractivity contribution is -0.119. The van der Waals surface area contributed by atoms with Crippen LogP contribution in [0, 0.1) is 0 Å². The summed E-state index contributed by atoms with van der Waals surface area (Å²) in [5, 5.41) is 9.41. The van der Waals surface area contributed by atoms with Gasteiger partial charge in [0, 0.05) is 32.2 Å². The lowest BCUT2D eigenvalue weighted by Gasteiger charge is -2.33. The Morgan fingerprint density at radius 2 is 1.77 bits per heavy atom. The number of hydrogen-bond acceptors (Lipinski definition) is 3. The predicted molar refractivity (Wildman–Crippen MR) is 108 cm³/mol. The van der Waals surface area contributed by atoms with Crippen molar-refractivity contribution in [2.24, 2.45) is 4.99 Å². The number of methoxy groups -OCH3 is 1. The van der Waals surface area contributed by atoms with Gasteiger partial charge in [-0.2, -0.15) is 0 Å². The molecule has 3 N–H and O–H groups in total. The molecule has 0 bridgehead atoms. The van der Waals surface area contributed by atoms with Crippen LogP contribution in [0.25, 0.3) is 0 Å². The van der Waals surface area contributed by atoms with Gasteiger partial charge in [0.05, 0.1) is 6.61 Å². The average molecular weight is 363 g/mol. The van der Waals surface area contributed by atoms with Crippen molar-refractivity contribution in [3.8, 4) is 0 Å². The molecule has 26 heavy (non-hydrogen) atoms. The fourth-order valence-electron chi connectivity index (χ4n) is 2.90. The Balaban J connectivity index is 2.72. The number of amides is 1. The molecule has 0 aliphatic carbocycles. The van der Waals surface area contributed by atoms with Crippen molar-refractivity contribution in [3.05, 3.63) is 35.9 Å². The summed E-state index contributed by atoms with van der Waals surface area (Å²) in [7, 11) is 1.61. The number of nitrogens with zero attached hydrogens (tertiary/aromatic N) is 1. The minimum Gasteiger partial charge on any atom is -0.383 e. The number of guanidine groups is 1. The van der Waals surface area contributed by atoms with Crippen LogP contribution in [-0.4, -0.2) is 51.8 Å². The molecule has 0 radical (unpaired) electrons. The molecule has 0 heterocycles. The van der Waals surface area contributed by atoms with Crippen molar-refractivity contribution in [2.75, 3.05) is 39.9 Å². The molecule has 6 heteroatoms. The molecular weight excluding hydrogens is 328 g/mol. The molecular formula is C20H34N4O2. The molecule has 0 atom stereocenters. The van der Waals surface area contributed by atoms with Crippen molar-refractivity contribution in [3.63, 3.8) is 0 Å². The lowest BCUT2D eigenvalue weighted by Crippen LogP contribution is -2.45. The summed E-state index contributed by atoms with van der Waals surface area (Å²) in [4.78, 5) is 16.2. The van der Waals surface area contributed by atoms with Crippen LogP contribution in [0.15, 0.2) is 35.3 Å². The summed E-state index contributed by atoms with van der Waals surface area (Å²) in [6.07, 6.45) is 2.05. The third kappa shape index (κ3) is 7.04. The zero-order valence-corrected chi connectivity index (χ0v) is 16.6. The van der Waals surface area contributed by atoms with E-state index in [0.29, 0.717) is 19.1 Å². The van der Waals surface area contributed by atoms with Crippen molar-refractivity contribution in [2.45, 2.75) is 39.0 Å². The monoisotopic (exact) mass is 362 g/mol. The highest BCUT2D eigenvalue weighted by Gasteiger charge is 2.28. The summed E-state index contributed by atoms with van der Waals surface area (Å²) in [6.45, 7) is 9.04. The van der Waals surface area contributed by atoms with Crippen molar-refractivity contribution >= 4 is 11.9 Å². The summed E-state index contributed by atoms with van der Waals surface area (Å²) in [6, 6.07) is 10.6. The number of carbonyl (C=O) groups excluding carboxylic acids is 1. The molecule has 1 aromatic rings. The molecule has 0 aliphatic heterocycles. The average Bonchev–Trinajstić information content (AvgIpc) is 2.68. The Bertz CT molecular complexity index is 542. The lowest BCUT2D eigenvalue weighted by atomic mass is 9.76. The highest BCUT2D eigenvalue weighted by molar-refractivity contribution is 5.84. The first-order valence-electron chi connectivity index (χ1n) is 9.45. The second-order valence-corrected chi connectivity index (χ2v) is 6.24. The van der Waals surface area contributed by atoms with Crippen LogP contribution < -0.4 is 16.0 Å². The summed E-state index contributed by atoms with van der Waals surface area (Å²) in [5.41, 5.74) is 1.36. The van der Waals surface area contributed by atoms with Crippen LogP contribution in [0.4, 0.5) is 0 Å². The van der Waals surface area contributed by atoms with E-state index in [0.717, 1.165) is 25.9 Å². The number of carbonyl (C=O) groups is 1. The van der Waals surface area contributed by atoms with Gasteiger partial charge in [0.1, 0.15) is 6.54 Å². The Hall–Kier alpha value is -2.08. The summed E-state index contributed by atoms with van der Waals surface area (Å²) in [5.74, 6) is 0.552. The topological polar surface area (TPSA) is 74.8 Å². The van der Waals surface area contributed by atoms with Gasteiger partial charge in [-0.25, -0.2) is 4.99 Å². The minimum absolute atomic E-state index is 0.0399. The quantitative estimate of drug-likeness (QED) is 0.320. The van der Waals surface area contributed by atoms with Crippen LogP contribution in [0.3, 0.4) is 0 Å². The highest BCUT2D eigenvalue weighted by Crippen LogP contribution is 2.30. The second kappa shape index (κ2) is 12.3.